The molecule has 3 aromatic rings. The van der Waals surface area contributed by atoms with Crippen LogP contribution in [0, 0.1) is 11.3 Å². The normalized spacial score (nSPS) is 10.2. The van der Waals surface area contributed by atoms with E-state index in [2.05, 4.69) is 15.3 Å². The molecular weight excluding hydrogens is 250 g/mol. The summed E-state index contributed by atoms with van der Waals surface area (Å²) in [5, 5.41) is 13.0. The summed E-state index contributed by atoms with van der Waals surface area (Å²) in [6.45, 7) is 0. The van der Waals surface area contributed by atoms with E-state index in [1.165, 1.54) is 6.20 Å². The van der Waals surface area contributed by atoms with Crippen molar-refractivity contribution in [1.82, 2.24) is 9.97 Å². The molecule has 0 atom stereocenters. The Balaban J connectivity index is 2.04. The Kier molecular flexibility index (Phi) is 2.90. The van der Waals surface area contributed by atoms with Crippen molar-refractivity contribution >= 4 is 28.1 Å². The van der Waals surface area contributed by atoms with E-state index >= 15 is 0 Å². The van der Waals surface area contributed by atoms with Crippen molar-refractivity contribution in [1.29, 1.82) is 5.26 Å². The van der Waals surface area contributed by atoms with Crippen LogP contribution in [0.25, 0.3) is 10.9 Å². The third-order valence-corrected chi connectivity index (χ3v) is 2.95. The summed E-state index contributed by atoms with van der Waals surface area (Å²) in [5.74, 6) is 0.528. The molecule has 96 valence electrons. The second kappa shape index (κ2) is 4.86. The predicted octanol–water partition coefficient (Wildman–Crippen LogP) is 2.83. The van der Waals surface area contributed by atoms with Crippen LogP contribution < -0.4 is 11.1 Å². The largest absolute Gasteiger partial charge is 0.396 e. The molecule has 0 bridgehead atoms. The molecule has 0 spiro atoms. The number of aromatic nitrogens is 2. The van der Waals surface area contributed by atoms with Crippen molar-refractivity contribution in [3.05, 3.63) is 54.4 Å². The van der Waals surface area contributed by atoms with Crippen molar-refractivity contribution in [2.75, 3.05) is 11.1 Å². The third-order valence-electron chi connectivity index (χ3n) is 2.95. The second-order valence-electron chi connectivity index (χ2n) is 4.27. The number of nitrogens with one attached hydrogen (secondary N) is 1. The number of nitrogen functional groups attached to an aromatic ring is 1. The van der Waals surface area contributed by atoms with Crippen molar-refractivity contribution in [2.24, 2.45) is 0 Å². The lowest BCUT2D eigenvalue weighted by Gasteiger charge is -2.10. The van der Waals surface area contributed by atoms with Crippen molar-refractivity contribution in [3.63, 3.8) is 0 Å². The number of nitrogens with zero attached hydrogens (tertiary/aromatic N) is 3. The molecule has 5 nitrogen and oxygen atoms in total. The number of benzene rings is 1. The lowest BCUT2D eigenvalue weighted by atomic mass is 10.2. The molecule has 0 aliphatic heterocycles. The fourth-order valence-corrected chi connectivity index (χ4v) is 1.99. The maximum absolute atomic E-state index is 8.81. The van der Waals surface area contributed by atoms with Gasteiger partial charge in [-0.3, -0.25) is 4.98 Å². The SMILES string of the molecule is N#Cc1cnc(Nc2cccc3ncccc23)c(N)c1. The highest BCUT2D eigenvalue weighted by Gasteiger charge is 2.06. The minimum absolute atomic E-state index is 0.435. The predicted molar refractivity (Wildman–Crippen MR) is 78.4 cm³/mol. The van der Waals surface area contributed by atoms with Crippen molar-refractivity contribution < 1.29 is 0 Å². The highest BCUT2D eigenvalue weighted by Crippen LogP contribution is 2.26. The van der Waals surface area contributed by atoms with Crippen LogP contribution in [0.15, 0.2) is 48.8 Å². The number of pyridine rings is 2. The van der Waals surface area contributed by atoms with Gasteiger partial charge >= 0.3 is 0 Å². The Morgan fingerprint density at radius 2 is 2.05 bits per heavy atom. The van der Waals surface area contributed by atoms with Gasteiger partial charge in [0.05, 0.1) is 16.8 Å². The van der Waals surface area contributed by atoms with E-state index < -0.39 is 0 Å². The average Bonchev–Trinajstić information content (AvgIpc) is 2.49. The molecule has 3 N–H and O–H groups in total. The molecule has 0 saturated heterocycles. The summed E-state index contributed by atoms with van der Waals surface area (Å²) in [7, 11) is 0. The van der Waals surface area contributed by atoms with E-state index in [-0.39, 0.29) is 0 Å². The van der Waals surface area contributed by atoms with E-state index in [0.29, 0.717) is 17.1 Å². The zero-order chi connectivity index (χ0) is 13.9. The Hall–Kier alpha value is -3.13. The fourth-order valence-electron chi connectivity index (χ4n) is 1.99. The molecule has 20 heavy (non-hydrogen) atoms. The highest BCUT2D eigenvalue weighted by atomic mass is 15.0. The lowest BCUT2D eigenvalue weighted by molar-refractivity contribution is 1.29. The van der Waals surface area contributed by atoms with Crippen LogP contribution in [0.1, 0.15) is 5.56 Å². The number of fused-ring (bicyclic) bond motifs is 1. The van der Waals surface area contributed by atoms with Gasteiger partial charge in [0, 0.05) is 23.5 Å². The molecule has 5 heteroatoms. The van der Waals surface area contributed by atoms with Crippen molar-refractivity contribution in [2.45, 2.75) is 0 Å². The average molecular weight is 261 g/mol. The first-order valence-corrected chi connectivity index (χ1v) is 6.04. The maximum Gasteiger partial charge on any atom is 0.153 e. The standard InChI is InChI=1S/C15H11N5/c16-8-10-7-12(17)15(19-9-10)20-14-5-1-4-13-11(14)3-2-6-18-13/h1-7,9H,17H2,(H,19,20). The summed E-state index contributed by atoms with van der Waals surface area (Å²) in [5.41, 5.74) is 8.54. The molecule has 0 unspecified atom stereocenters. The highest BCUT2D eigenvalue weighted by molar-refractivity contribution is 5.93. The molecule has 0 saturated carbocycles. The van der Waals surface area contributed by atoms with Gasteiger partial charge in [-0.15, -0.1) is 0 Å². The zero-order valence-electron chi connectivity index (χ0n) is 10.5. The topological polar surface area (TPSA) is 87.6 Å². The molecule has 0 aliphatic carbocycles. The van der Waals surface area contributed by atoms with Crippen LogP contribution >= 0.6 is 0 Å². The first-order chi connectivity index (χ1) is 9.78. The Morgan fingerprint density at radius 1 is 1.15 bits per heavy atom. The van der Waals surface area contributed by atoms with E-state index in [1.54, 1.807) is 12.3 Å². The first-order valence-electron chi connectivity index (χ1n) is 6.04. The molecular formula is C15H11N5. The van der Waals surface area contributed by atoms with Gasteiger partial charge in [0.2, 0.25) is 0 Å². The number of nitriles is 1. The molecule has 0 fully saturated rings. The smallest absolute Gasteiger partial charge is 0.153 e. The summed E-state index contributed by atoms with van der Waals surface area (Å²) in [4.78, 5) is 8.47. The molecule has 2 heterocycles. The van der Waals surface area contributed by atoms with Crippen LogP contribution in [0.3, 0.4) is 0 Å². The van der Waals surface area contributed by atoms with Crippen LogP contribution in [0.4, 0.5) is 17.2 Å². The van der Waals surface area contributed by atoms with Gasteiger partial charge in [0.1, 0.15) is 6.07 Å². The lowest BCUT2D eigenvalue weighted by Crippen LogP contribution is -2.00. The third kappa shape index (κ3) is 2.10. The van der Waals surface area contributed by atoms with E-state index in [1.807, 2.05) is 36.4 Å². The number of anilines is 3. The van der Waals surface area contributed by atoms with E-state index in [9.17, 15) is 0 Å². The fraction of sp³-hybridized carbons (Fsp3) is 0. The molecule has 2 aromatic heterocycles. The van der Waals surface area contributed by atoms with E-state index in [4.69, 9.17) is 11.0 Å². The maximum atomic E-state index is 8.81. The number of hydrogen-bond donors (Lipinski definition) is 2. The van der Waals surface area contributed by atoms with Gasteiger partial charge in [-0.25, -0.2) is 4.98 Å². The molecule has 0 radical (unpaired) electrons. The minimum atomic E-state index is 0.435. The van der Waals surface area contributed by atoms with Crippen LogP contribution in [0.5, 0.6) is 0 Å². The first kappa shape index (κ1) is 11.9. The number of nitrogens with two attached hydrogens (primary N) is 1. The summed E-state index contributed by atoms with van der Waals surface area (Å²) in [6, 6.07) is 13.2. The summed E-state index contributed by atoms with van der Waals surface area (Å²) < 4.78 is 0. The quantitative estimate of drug-likeness (QED) is 0.740. The Bertz CT molecular complexity index is 815. The minimum Gasteiger partial charge on any atom is -0.396 e. The van der Waals surface area contributed by atoms with Gasteiger partial charge in [-0.1, -0.05) is 6.07 Å². The monoisotopic (exact) mass is 261 g/mol. The van der Waals surface area contributed by atoms with E-state index in [0.717, 1.165) is 16.6 Å². The summed E-state index contributed by atoms with van der Waals surface area (Å²) >= 11 is 0. The second-order valence-corrected chi connectivity index (χ2v) is 4.27. The van der Waals surface area contributed by atoms with Gasteiger partial charge in [-0.05, 0) is 30.3 Å². The number of rotatable bonds is 2. The Labute approximate surface area is 115 Å². The molecule has 1 aromatic carbocycles. The van der Waals surface area contributed by atoms with Gasteiger partial charge < -0.3 is 11.1 Å². The van der Waals surface area contributed by atoms with Gasteiger partial charge in [0.15, 0.2) is 5.82 Å². The van der Waals surface area contributed by atoms with Crippen molar-refractivity contribution in [3.8, 4) is 6.07 Å². The molecule has 0 aliphatic rings. The molecule has 3 rings (SSSR count). The van der Waals surface area contributed by atoms with Crippen LogP contribution in [0.2, 0.25) is 0 Å². The summed E-state index contributed by atoms with van der Waals surface area (Å²) in [6.07, 6.45) is 3.24. The van der Waals surface area contributed by atoms with Gasteiger partial charge in [-0.2, -0.15) is 5.26 Å². The zero-order valence-corrected chi connectivity index (χ0v) is 10.5. The van der Waals surface area contributed by atoms with Gasteiger partial charge in [0.25, 0.3) is 0 Å². The van der Waals surface area contributed by atoms with Crippen LogP contribution in [-0.4, -0.2) is 9.97 Å². The van der Waals surface area contributed by atoms with Crippen LogP contribution in [-0.2, 0) is 0 Å². The Morgan fingerprint density at radius 3 is 2.85 bits per heavy atom. The molecule has 0 amide bonds. The number of hydrogen-bond acceptors (Lipinski definition) is 5.